The number of nitrogens with one attached hydrogen (secondary N) is 2. The number of carbonyl (C=O) groups excluding carboxylic acids is 3. The lowest BCUT2D eigenvalue weighted by Crippen LogP contribution is -2.59. The van der Waals surface area contributed by atoms with E-state index in [4.69, 9.17) is 0 Å². The lowest BCUT2D eigenvalue weighted by atomic mass is 9.84. The molecule has 5 amide bonds. The second kappa shape index (κ2) is 19.3. The normalized spacial score (nSPS) is 15.8. The number of carboxylic acid groups (broad SMARTS) is 1. The first-order valence-electron chi connectivity index (χ1n) is 20.2. The molecule has 3 heterocycles. The van der Waals surface area contributed by atoms with Gasteiger partial charge in [0.05, 0.1) is 17.8 Å². The maximum absolute atomic E-state index is 14.6. The number of aliphatic hydroxyl groups is 1. The number of pyridine rings is 2. The first-order valence-corrected chi connectivity index (χ1v) is 20.2. The van der Waals surface area contributed by atoms with Crippen molar-refractivity contribution in [3.63, 3.8) is 0 Å². The van der Waals surface area contributed by atoms with Gasteiger partial charge in [-0.25, -0.2) is 9.59 Å². The van der Waals surface area contributed by atoms with E-state index in [2.05, 4.69) is 20.6 Å². The molecule has 5 rings (SSSR count). The van der Waals surface area contributed by atoms with Crippen LogP contribution in [-0.2, 0) is 29.0 Å². The predicted molar refractivity (Wildman–Crippen MR) is 227 cm³/mol. The second-order valence-electron chi connectivity index (χ2n) is 17.6. The average Bonchev–Trinajstić information content (AvgIpc) is 3.52. The summed E-state index contributed by atoms with van der Waals surface area (Å²) >= 11 is 0. The number of benzene rings is 2. The van der Waals surface area contributed by atoms with Crippen LogP contribution in [0.15, 0.2) is 104 Å². The van der Waals surface area contributed by atoms with E-state index < -0.39 is 59.0 Å². The summed E-state index contributed by atoms with van der Waals surface area (Å²) in [5, 5.41) is 28.3. The van der Waals surface area contributed by atoms with Crippen LogP contribution in [0.3, 0.4) is 0 Å². The van der Waals surface area contributed by atoms with Crippen molar-refractivity contribution in [2.75, 3.05) is 20.1 Å². The topological polar surface area (TPSA) is 168 Å². The third kappa shape index (κ3) is 11.9. The SMILES string of the molecule is CN(C(=O)O)[C@H](C(=O)N[C@@H](Cc1ccc(-c2ccccn2)cc1)C[C@H](O)[C@H](Cc1ccccc1)NC(=O)[C@@H](N1CCN(Cc2ccncc2)C1=O)C(C)(C)C)C(C)(C)C. The van der Waals surface area contributed by atoms with E-state index in [1.807, 2.05) is 106 Å². The maximum atomic E-state index is 14.6. The Morgan fingerprint density at radius 1 is 0.763 bits per heavy atom. The fraction of sp³-hybridized carbons (Fsp3) is 0.435. The minimum absolute atomic E-state index is 0.0295. The summed E-state index contributed by atoms with van der Waals surface area (Å²) < 4.78 is 0. The van der Waals surface area contributed by atoms with Gasteiger partial charge in [-0.2, -0.15) is 0 Å². The molecule has 0 aliphatic carbocycles. The van der Waals surface area contributed by atoms with E-state index >= 15 is 0 Å². The summed E-state index contributed by atoms with van der Waals surface area (Å²) in [6.45, 7) is 12.4. The molecule has 1 fully saturated rings. The lowest BCUT2D eigenvalue weighted by Gasteiger charge is -2.38. The quantitative estimate of drug-likeness (QED) is 0.107. The average molecular weight is 806 g/mol. The monoisotopic (exact) mass is 805 g/mol. The lowest BCUT2D eigenvalue weighted by molar-refractivity contribution is -0.131. The number of hydrogen-bond donors (Lipinski definition) is 4. The molecule has 2 aromatic carbocycles. The number of carbonyl (C=O) groups is 4. The van der Waals surface area contributed by atoms with Crippen molar-refractivity contribution in [1.82, 2.24) is 35.3 Å². The molecule has 0 unspecified atom stereocenters. The van der Waals surface area contributed by atoms with E-state index in [0.717, 1.165) is 32.8 Å². The fourth-order valence-electron chi connectivity index (χ4n) is 7.93. The molecule has 1 saturated heterocycles. The Balaban J connectivity index is 1.43. The van der Waals surface area contributed by atoms with E-state index in [-0.39, 0.29) is 18.9 Å². The first-order chi connectivity index (χ1) is 27.9. The summed E-state index contributed by atoms with van der Waals surface area (Å²) in [6, 6.07) is 23.1. The van der Waals surface area contributed by atoms with Crippen molar-refractivity contribution in [1.29, 1.82) is 0 Å². The van der Waals surface area contributed by atoms with Crippen LogP contribution in [0.5, 0.6) is 0 Å². The van der Waals surface area contributed by atoms with Crippen LogP contribution in [-0.4, -0.2) is 109 Å². The third-order valence-corrected chi connectivity index (χ3v) is 10.7. The Hall–Kier alpha value is -5.82. The first kappa shape index (κ1) is 44.3. The van der Waals surface area contributed by atoms with Crippen molar-refractivity contribution in [3.05, 3.63) is 120 Å². The molecule has 59 heavy (non-hydrogen) atoms. The molecule has 13 nitrogen and oxygen atoms in total. The van der Waals surface area contributed by atoms with Crippen molar-refractivity contribution < 1.29 is 29.4 Å². The summed E-state index contributed by atoms with van der Waals surface area (Å²) in [5.74, 6) is -0.886. The zero-order valence-corrected chi connectivity index (χ0v) is 35.2. The summed E-state index contributed by atoms with van der Waals surface area (Å²) in [5.41, 5.74) is 3.01. The molecule has 314 valence electrons. The summed E-state index contributed by atoms with van der Waals surface area (Å²) in [4.78, 5) is 67.5. The van der Waals surface area contributed by atoms with Gasteiger partial charge in [0, 0.05) is 56.9 Å². The zero-order chi connectivity index (χ0) is 42.9. The highest BCUT2D eigenvalue weighted by molar-refractivity contribution is 5.89. The highest BCUT2D eigenvalue weighted by Crippen LogP contribution is 2.30. The van der Waals surface area contributed by atoms with E-state index in [1.165, 1.54) is 7.05 Å². The fourth-order valence-corrected chi connectivity index (χ4v) is 7.93. The number of nitrogens with zero attached hydrogens (tertiary/aromatic N) is 5. The van der Waals surface area contributed by atoms with E-state index in [9.17, 15) is 29.4 Å². The summed E-state index contributed by atoms with van der Waals surface area (Å²) in [6.07, 6.45) is 3.31. The smallest absolute Gasteiger partial charge is 0.407 e. The molecule has 0 saturated carbocycles. The molecule has 2 aromatic heterocycles. The highest BCUT2D eigenvalue weighted by Gasteiger charge is 2.45. The Morgan fingerprint density at radius 3 is 2.00 bits per heavy atom. The van der Waals surface area contributed by atoms with Crippen molar-refractivity contribution in [2.45, 2.75) is 97.6 Å². The number of aliphatic hydroxyl groups excluding tert-OH is 1. The van der Waals surface area contributed by atoms with Gasteiger partial charge in [-0.15, -0.1) is 0 Å². The van der Waals surface area contributed by atoms with Gasteiger partial charge in [0.1, 0.15) is 12.1 Å². The van der Waals surface area contributed by atoms with Crippen LogP contribution >= 0.6 is 0 Å². The number of hydrogen-bond acceptors (Lipinski definition) is 7. The van der Waals surface area contributed by atoms with Gasteiger partial charge in [0.25, 0.3) is 0 Å². The Morgan fingerprint density at radius 2 is 1.41 bits per heavy atom. The largest absolute Gasteiger partial charge is 0.465 e. The Bertz CT molecular complexity index is 2000. The Labute approximate surface area is 347 Å². The number of amides is 5. The minimum Gasteiger partial charge on any atom is -0.465 e. The minimum atomic E-state index is -1.24. The van der Waals surface area contributed by atoms with Gasteiger partial charge in [0.2, 0.25) is 11.8 Å². The molecule has 4 aromatic rings. The molecule has 4 N–H and O–H groups in total. The Kier molecular flexibility index (Phi) is 14.5. The van der Waals surface area contributed by atoms with Crippen LogP contribution in [0.2, 0.25) is 0 Å². The van der Waals surface area contributed by atoms with Crippen LogP contribution in [0, 0.1) is 10.8 Å². The third-order valence-electron chi connectivity index (χ3n) is 10.7. The summed E-state index contributed by atoms with van der Waals surface area (Å²) in [7, 11) is 1.37. The molecule has 0 spiro atoms. The van der Waals surface area contributed by atoms with Crippen molar-refractivity contribution >= 4 is 23.9 Å². The molecule has 5 atom stereocenters. The molecule has 13 heteroatoms. The van der Waals surface area contributed by atoms with Gasteiger partial charge in [0.15, 0.2) is 0 Å². The predicted octanol–water partition coefficient (Wildman–Crippen LogP) is 6.03. The molecular weight excluding hydrogens is 747 g/mol. The van der Waals surface area contributed by atoms with Gasteiger partial charge in [-0.1, -0.05) is 102 Å². The van der Waals surface area contributed by atoms with Crippen LogP contribution in [0.1, 0.15) is 64.7 Å². The number of urea groups is 1. The van der Waals surface area contributed by atoms with Gasteiger partial charge >= 0.3 is 12.1 Å². The molecule has 0 bridgehead atoms. The highest BCUT2D eigenvalue weighted by atomic mass is 16.4. The van der Waals surface area contributed by atoms with Crippen LogP contribution in [0.4, 0.5) is 9.59 Å². The number of aromatic nitrogens is 2. The van der Waals surface area contributed by atoms with Crippen LogP contribution < -0.4 is 10.6 Å². The number of likely N-dealkylation sites (N-methyl/N-ethyl adjacent to an activating group) is 1. The number of rotatable bonds is 16. The van der Waals surface area contributed by atoms with Gasteiger partial charge < -0.3 is 30.6 Å². The molecule has 1 aliphatic rings. The standard InChI is InChI=1S/C46H59N7O6/c1-45(2,3)39(51(7)44(58)59)41(55)49-35(27-32-16-18-34(19-17-32)36-15-11-12-22-48-36)29-38(54)37(28-31-13-9-8-10-14-31)50-42(56)40(46(4,5)6)53-26-25-52(43(53)57)30-33-20-23-47-24-21-33/h8-24,35,37-40,54H,25-30H2,1-7H3,(H,49,55)(H,50,56)(H,58,59)/t35-,37-,38-,39+,40+/m0/s1. The molecule has 1 aliphatic heterocycles. The van der Waals surface area contributed by atoms with Crippen molar-refractivity contribution in [3.8, 4) is 11.3 Å². The van der Waals surface area contributed by atoms with Gasteiger partial charge in [-0.05, 0) is 71.0 Å². The van der Waals surface area contributed by atoms with E-state index in [1.54, 1.807) is 49.2 Å². The zero-order valence-electron chi connectivity index (χ0n) is 35.2. The van der Waals surface area contributed by atoms with E-state index in [0.29, 0.717) is 26.1 Å². The van der Waals surface area contributed by atoms with Crippen LogP contribution in [0.25, 0.3) is 11.3 Å². The van der Waals surface area contributed by atoms with Crippen molar-refractivity contribution in [2.24, 2.45) is 10.8 Å². The molecule has 0 radical (unpaired) electrons. The maximum Gasteiger partial charge on any atom is 0.407 e. The second-order valence-corrected chi connectivity index (χ2v) is 17.6. The molecular formula is C46H59N7O6. The van der Waals surface area contributed by atoms with Gasteiger partial charge in [-0.3, -0.25) is 24.5 Å².